The van der Waals surface area contributed by atoms with Crippen molar-refractivity contribution in [2.24, 2.45) is 0 Å². The Morgan fingerprint density at radius 1 is 1.15 bits per heavy atom. The number of rotatable bonds is 4. The fourth-order valence-corrected chi connectivity index (χ4v) is 5.61. The molecule has 1 saturated heterocycles. The van der Waals surface area contributed by atoms with Crippen molar-refractivity contribution < 1.29 is 13.2 Å². The van der Waals surface area contributed by atoms with E-state index >= 15 is 0 Å². The fraction of sp³-hybridized carbons (Fsp3) is 0.421. The molecule has 2 aromatic rings. The summed E-state index contributed by atoms with van der Waals surface area (Å²) >= 11 is 3.34. The van der Waals surface area contributed by atoms with Gasteiger partial charge in [-0.1, -0.05) is 6.07 Å². The summed E-state index contributed by atoms with van der Waals surface area (Å²) in [5.41, 5.74) is 3.65. The fourth-order valence-electron chi connectivity index (χ4n) is 3.31. The minimum absolute atomic E-state index is 0.190. The van der Waals surface area contributed by atoms with Crippen molar-refractivity contribution in [3.05, 3.63) is 51.1 Å². The van der Waals surface area contributed by atoms with Crippen LogP contribution in [-0.4, -0.2) is 36.9 Å². The van der Waals surface area contributed by atoms with E-state index in [9.17, 15) is 8.42 Å². The average molecular weight is 439 g/mol. The Morgan fingerprint density at radius 3 is 2.38 bits per heavy atom. The van der Waals surface area contributed by atoms with Gasteiger partial charge in [-0.15, -0.1) is 0 Å². The maximum Gasteiger partial charge on any atom is 0.243 e. The highest BCUT2D eigenvalue weighted by molar-refractivity contribution is 9.10. The van der Waals surface area contributed by atoms with Crippen LogP contribution in [-0.2, 0) is 10.0 Å². The molecule has 3 rings (SSSR count). The number of nitrogens with zero attached hydrogens (tertiary/aromatic N) is 2. The third kappa shape index (κ3) is 3.66. The van der Waals surface area contributed by atoms with Crippen LogP contribution in [0.3, 0.4) is 0 Å². The molecule has 7 heteroatoms. The maximum atomic E-state index is 13.3. The van der Waals surface area contributed by atoms with E-state index < -0.39 is 10.0 Å². The third-order valence-electron chi connectivity index (χ3n) is 4.99. The highest BCUT2D eigenvalue weighted by Gasteiger charge is 2.36. The molecule has 0 N–H and O–H groups in total. The molecule has 1 aliphatic rings. The second kappa shape index (κ2) is 7.29. The van der Waals surface area contributed by atoms with E-state index in [2.05, 4.69) is 20.9 Å². The lowest BCUT2D eigenvalue weighted by molar-refractivity contribution is 0.207. The van der Waals surface area contributed by atoms with Crippen molar-refractivity contribution in [1.29, 1.82) is 0 Å². The molecule has 1 aromatic carbocycles. The van der Waals surface area contributed by atoms with Crippen LogP contribution in [0.15, 0.2) is 33.8 Å². The van der Waals surface area contributed by atoms with Gasteiger partial charge in [-0.2, -0.15) is 4.31 Å². The Kier molecular flexibility index (Phi) is 5.42. The molecule has 0 spiro atoms. The molecular weight excluding hydrogens is 416 g/mol. The first-order chi connectivity index (χ1) is 12.2. The number of hydrogen-bond acceptors (Lipinski definition) is 4. The standard InChI is InChI=1S/C19H23BrN2O3S/c1-12-9-13(2)15(4)19(14(12)3)26(23,24)22-8-7-17(11-22)25-18-6-5-16(20)10-21-18/h5-6,9-10,17H,7-8,11H2,1-4H3. The summed E-state index contributed by atoms with van der Waals surface area (Å²) in [5, 5.41) is 0. The monoisotopic (exact) mass is 438 g/mol. The van der Waals surface area contributed by atoms with Crippen molar-refractivity contribution in [3.63, 3.8) is 0 Å². The van der Waals surface area contributed by atoms with Crippen LogP contribution in [0.25, 0.3) is 0 Å². The number of sulfonamides is 1. The van der Waals surface area contributed by atoms with E-state index in [0.29, 0.717) is 30.3 Å². The largest absolute Gasteiger partial charge is 0.473 e. The van der Waals surface area contributed by atoms with Crippen molar-refractivity contribution >= 4 is 26.0 Å². The zero-order chi connectivity index (χ0) is 19.1. The van der Waals surface area contributed by atoms with Gasteiger partial charge in [-0.05, 0) is 78.4 Å². The molecule has 0 saturated carbocycles. The molecule has 5 nitrogen and oxygen atoms in total. The van der Waals surface area contributed by atoms with Crippen LogP contribution in [0, 0.1) is 27.7 Å². The first-order valence-corrected chi connectivity index (χ1v) is 10.8. The van der Waals surface area contributed by atoms with Gasteiger partial charge in [-0.25, -0.2) is 13.4 Å². The van der Waals surface area contributed by atoms with Gasteiger partial charge >= 0.3 is 0 Å². The number of halogens is 1. The van der Waals surface area contributed by atoms with E-state index in [1.807, 2.05) is 39.8 Å². The molecule has 0 radical (unpaired) electrons. The number of pyridine rings is 1. The van der Waals surface area contributed by atoms with E-state index in [1.54, 1.807) is 12.3 Å². The smallest absolute Gasteiger partial charge is 0.243 e. The second-order valence-electron chi connectivity index (χ2n) is 6.80. The number of aryl methyl sites for hydroxylation is 2. The molecule has 0 bridgehead atoms. The van der Waals surface area contributed by atoms with E-state index in [4.69, 9.17) is 4.74 Å². The number of aromatic nitrogens is 1. The van der Waals surface area contributed by atoms with Gasteiger partial charge < -0.3 is 4.74 Å². The molecule has 140 valence electrons. The predicted octanol–water partition coefficient (Wildman–Crippen LogP) is 3.92. The predicted molar refractivity (Wildman–Crippen MR) is 105 cm³/mol. The average Bonchev–Trinajstić information content (AvgIpc) is 3.05. The number of ether oxygens (including phenoxy) is 1. The highest BCUT2D eigenvalue weighted by Crippen LogP contribution is 2.31. The van der Waals surface area contributed by atoms with Gasteiger partial charge in [0.15, 0.2) is 0 Å². The van der Waals surface area contributed by atoms with Gasteiger partial charge in [0.25, 0.3) is 0 Å². The molecular formula is C19H23BrN2O3S. The molecule has 0 amide bonds. The first kappa shape index (κ1) is 19.3. The van der Waals surface area contributed by atoms with Gasteiger partial charge in [0, 0.05) is 23.3 Å². The van der Waals surface area contributed by atoms with Gasteiger partial charge in [0.2, 0.25) is 15.9 Å². The van der Waals surface area contributed by atoms with Crippen LogP contribution in [0.1, 0.15) is 28.7 Å². The van der Waals surface area contributed by atoms with Crippen LogP contribution in [0.4, 0.5) is 0 Å². The molecule has 26 heavy (non-hydrogen) atoms. The number of benzene rings is 1. The summed E-state index contributed by atoms with van der Waals surface area (Å²) in [6.07, 6.45) is 2.13. The Labute approximate surface area is 163 Å². The lowest BCUT2D eigenvalue weighted by atomic mass is 10.0. The summed E-state index contributed by atoms with van der Waals surface area (Å²) < 4.78 is 34.8. The summed E-state index contributed by atoms with van der Waals surface area (Å²) in [7, 11) is -3.55. The topological polar surface area (TPSA) is 59.5 Å². The molecule has 1 aromatic heterocycles. The molecule has 1 fully saturated rings. The summed E-state index contributed by atoms with van der Waals surface area (Å²) in [6.45, 7) is 8.46. The highest BCUT2D eigenvalue weighted by atomic mass is 79.9. The van der Waals surface area contributed by atoms with Crippen LogP contribution in [0.2, 0.25) is 0 Å². The zero-order valence-corrected chi connectivity index (χ0v) is 17.8. The summed E-state index contributed by atoms with van der Waals surface area (Å²) in [6, 6.07) is 5.67. The quantitative estimate of drug-likeness (QED) is 0.725. The Morgan fingerprint density at radius 2 is 1.81 bits per heavy atom. The van der Waals surface area contributed by atoms with Crippen LogP contribution < -0.4 is 4.74 Å². The van der Waals surface area contributed by atoms with Crippen LogP contribution >= 0.6 is 15.9 Å². The van der Waals surface area contributed by atoms with E-state index in [1.165, 1.54) is 4.31 Å². The molecule has 1 atom stereocenters. The Bertz CT molecular complexity index is 901. The van der Waals surface area contributed by atoms with E-state index in [0.717, 1.165) is 26.7 Å². The minimum Gasteiger partial charge on any atom is -0.473 e. The molecule has 1 unspecified atom stereocenters. The summed E-state index contributed by atoms with van der Waals surface area (Å²) in [4.78, 5) is 4.64. The molecule has 1 aliphatic heterocycles. The minimum atomic E-state index is -3.55. The van der Waals surface area contributed by atoms with Crippen molar-refractivity contribution in [2.45, 2.75) is 45.1 Å². The van der Waals surface area contributed by atoms with Crippen LogP contribution in [0.5, 0.6) is 5.88 Å². The first-order valence-electron chi connectivity index (χ1n) is 8.56. The summed E-state index contributed by atoms with van der Waals surface area (Å²) in [5.74, 6) is 0.510. The SMILES string of the molecule is Cc1cc(C)c(C)c(S(=O)(=O)N2CCC(Oc3ccc(Br)cn3)C2)c1C. The number of hydrogen-bond donors (Lipinski definition) is 0. The lowest BCUT2D eigenvalue weighted by Crippen LogP contribution is -2.32. The van der Waals surface area contributed by atoms with Crippen molar-refractivity contribution in [2.75, 3.05) is 13.1 Å². The van der Waals surface area contributed by atoms with Crippen molar-refractivity contribution in [3.8, 4) is 5.88 Å². The lowest BCUT2D eigenvalue weighted by Gasteiger charge is -2.21. The third-order valence-corrected chi connectivity index (χ3v) is 7.60. The normalized spacial score (nSPS) is 18.3. The Balaban J connectivity index is 1.83. The molecule has 2 heterocycles. The maximum absolute atomic E-state index is 13.3. The van der Waals surface area contributed by atoms with Gasteiger partial charge in [0.05, 0.1) is 11.4 Å². The Hall–Kier alpha value is -1.44. The van der Waals surface area contributed by atoms with E-state index in [-0.39, 0.29) is 6.10 Å². The molecule has 0 aliphatic carbocycles. The van der Waals surface area contributed by atoms with Crippen molar-refractivity contribution in [1.82, 2.24) is 9.29 Å². The zero-order valence-electron chi connectivity index (χ0n) is 15.4. The van der Waals surface area contributed by atoms with Gasteiger partial charge in [-0.3, -0.25) is 0 Å². The second-order valence-corrected chi connectivity index (χ2v) is 9.59. The van der Waals surface area contributed by atoms with Gasteiger partial charge in [0.1, 0.15) is 6.10 Å².